The molecule has 140 valence electrons. The van der Waals surface area contributed by atoms with Gasteiger partial charge in [-0.2, -0.15) is 0 Å². The van der Waals surface area contributed by atoms with Crippen molar-refractivity contribution in [3.05, 3.63) is 108 Å². The normalized spacial score (nSPS) is 16.6. The molecule has 4 rings (SSSR count). The van der Waals surface area contributed by atoms with Gasteiger partial charge in [-0.05, 0) is 28.8 Å². The molecule has 1 atom stereocenters. The lowest BCUT2D eigenvalue weighted by Gasteiger charge is -2.35. The third kappa shape index (κ3) is 3.84. The van der Waals surface area contributed by atoms with Crippen LogP contribution in [-0.2, 0) is 11.3 Å². The Morgan fingerprint density at radius 2 is 1.54 bits per heavy atom. The maximum absolute atomic E-state index is 13.0. The Kier molecular flexibility index (Phi) is 5.24. The highest BCUT2D eigenvalue weighted by Crippen LogP contribution is 2.36. The van der Waals surface area contributed by atoms with Crippen LogP contribution in [0.5, 0.6) is 5.75 Å². The minimum Gasteiger partial charge on any atom is -0.497 e. The Bertz CT molecular complexity index is 962. The maximum Gasteiger partial charge on any atom is 0.167 e. The first-order valence-electron chi connectivity index (χ1n) is 9.48. The van der Waals surface area contributed by atoms with Crippen LogP contribution in [0.1, 0.15) is 29.2 Å². The number of carbonyl (C=O) groups excluding carboxylic acids is 1. The molecule has 0 radical (unpaired) electrons. The summed E-state index contributed by atoms with van der Waals surface area (Å²) in [5.41, 5.74) is 4.09. The summed E-state index contributed by atoms with van der Waals surface area (Å²) in [6.07, 6.45) is 2.49. The van der Waals surface area contributed by atoms with Crippen molar-refractivity contribution >= 4 is 11.4 Å². The molecule has 0 saturated heterocycles. The van der Waals surface area contributed by atoms with E-state index in [9.17, 15) is 4.79 Å². The summed E-state index contributed by atoms with van der Waals surface area (Å²) in [5, 5.41) is 0. The summed E-state index contributed by atoms with van der Waals surface area (Å²) in [6.45, 7) is 0.751. The summed E-state index contributed by atoms with van der Waals surface area (Å²) in [4.78, 5) is 15.3. The molecule has 1 unspecified atom stereocenters. The van der Waals surface area contributed by atoms with Crippen LogP contribution in [0.25, 0.3) is 5.57 Å². The lowest BCUT2D eigenvalue weighted by molar-refractivity contribution is -0.115. The first-order chi connectivity index (χ1) is 13.7. The third-order valence-electron chi connectivity index (χ3n) is 5.17. The second-order valence-electron chi connectivity index (χ2n) is 6.98. The molecule has 0 amide bonds. The van der Waals surface area contributed by atoms with E-state index in [-0.39, 0.29) is 11.8 Å². The van der Waals surface area contributed by atoms with Crippen LogP contribution in [0.2, 0.25) is 0 Å². The lowest BCUT2D eigenvalue weighted by atomic mass is 9.90. The van der Waals surface area contributed by atoms with E-state index < -0.39 is 0 Å². The third-order valence-corrected chi connectivity index (χ3v) is 5.17. The Balaban J connectivity index is 1.72. The van der Waals surface area contributed by atoms with E-state index in [1.54, 1.807) is 7.11 Å². The van der Waals surface area contributed by atoms with Crippen molar-refractivity contribution in [2.45, 2.75) is 19.0 Å². The number of benzene rings is 3. The first kappa shape index (κ1) is 18.1. The van der Waals surface area contributed by atoms with Crippen LogP contribution < -0.4 is 4.74 Å². The van der Waals surface area contributed by atoms with E-state index in [4.69, 9.17) is 4.74 Å². The number of ether oxygens (including phenoxy) is 1. The monoisotopic (exact) mass is 369 g/mol. The number of nitrogens with zero attached hydrogens (tertiary/aromatic N) is 1. The van der Waals surface area contributed by atoms with Crippen molar-refractivity contribution in [2.75, 3.05) is 7.11 Å². The number of Topliss-reactive ketones (excluding diaryl/α,β-unsaturated/α-hetero) is 1. The van der Waals surface area contributed by atoms with E-state index >= 15 is 0 Å². The molecule has 1 heterocycles. The standard InChI is InChI=1S/C25H23NO2/c1-28-22-14-12-21(13-15-22)24-16-25(27)23(20-10-6-3-7-11-20)18-26(24)17-19-8-4-2-5-9-19/h2-15,18,24H,16-17H2,1H3. The average molecular weight is 369 g/mol. The SMILES string of the molecule is COc1ccc(C2CC(=O)C(c3ccccc3)=CN2Cc2ccccc2)cc1. The molecule has 3 nitrogen and oxygen atoms in total. The molecule has 0 N–H and O–H groups in total. The van der Waals surface area contributed by atoms with Crippen LogP contribution in [-0.4, -0.2) is 17.8 Å². The van der Waals surface area contributed by atoms with Crippen molar-refractivity contribution in [1.29, 1.82) is 0 Å². The molecule has 0 aliphatic carbocycles. The minimum atomic E-state index is 0.00562. The second-order valence-corrected chi connectivity index (χ2v) is 6.98. The van der Waals surface area contributed by atoms with Gasteiger partial charge in [0.1, 0.15) is 5.75 Å². The number of rotatable bonds is 5. The van der Waals surface area contributed by atoms with Crippen LogP contribution >= 0.6 is 0 Å². The summed E-state index contributed by atoms with van der Waals surface area (Å²) in [5.74, 6) is 0.998. The number of hydrogen-bond acceptors (Lipinski definition) is 3. The molecular formula is C25H23NO2. The maximum atomic E-state index is 13.0. The molecule has 1 aliphatic heterocycles. The number of hydrogen-bond donors (Lipinski definition) is 0. The van der Waals surface area contributed by atoms with Crippen molar-refractivity contribution in [1.82, 2.24) is 4.90 Å². The van der Waals surface area contributed by atoms with E-state index in [1.807, 2.05) is 54.7 Å². The molecule has 3 heteroatoms. The van der Waals surface area contributed by atoms with Gasteiger partial charge in [0.25, 0.3) is 0 Å². The number of methoxy groups -OCH3 is 1. The fourth-order valence-electron chi connectivity index (χ4n) is 3.67. The zero-order chi connectivity index (χ0) is 19.3. The molecule has 3 aromatic rings. The number of allylic oxidation sites excluding steroid dienone is 1. The van der Waals surface area contributed by atoms with Crippen molar-refractivity contribution in [3.8, 4) is 5.75 Å². The van der Waals surface area contributed by atoms with E-state index in [2.05, 4.69) is 41.3 Å². The minimum absolute atomic E-state index is 0.00562. The topological polar surface area (TPSA) is 29.5 Å². The van der Waals surface area contributed by atoms with E-state index in [0.29, 0.717) is 6.42 Å². The van der Waals surface area contributed by atoms with Gasteiger partial charge in [0.15, 0.2) is 5.78 Å². The predicted octanol–water partition coefficient (Wildman–Crippen LogP) is 5.25. The lowest BCUT2D eigenvalue weighted by Crippen LogP contribution is -2.30. The predicted molar refractivity (Wildman–Crippen MR) is 112 cm³/mol. The summed E-state index contributed by atoms with van der Waals surface area (Å²) in [7, 11) is 1.66. The molecular weight excluding hydrogens is 346 g/mol. The van der Waals surface area contributed by atoms with E-state index in [1.165, 1.54) is 5.56 Å². The molecule has 0 fully saturated rings. The highest BCUT2D eigenvalue weighted by Gasteiger charge is 2.29. The fourth-order valence-corrected chi connectivity index (χ4v) is 3.67. The fraction of sp³-hybridized carbons (Fsp3) is 0.160. The van der Waals surface area contributed by atoms with Gasteiger partial charge in [0.2, 0.25) is 0 Å². The number of ketones is 1. The average Bonchev–Trinajstić information content (AvgIpc) is 2.76. The first-order valence-corrected chi connectivity index (χ1v) is 9.48. The van der Waals surface area contributed by atoms with E-state index in [0.717, 1.165) is 29.0 Å². The van der Waals surface area contributed by atoms with Crippen molar-refractivity contribution in [2.24, 2.45) is 0 Å². The second kappa shape index (κ2) is 8.13. The van der Waals surface area contributed by atoms with Gasteiger partial charge in [-0.1, -0.05) is 72.8 Å². The van der Waals surface area contributed by atoms with Gasteiger partial charge < -0.3 is 9.64 Å². The van der Waals surface area contributed by atoms with Gasteiger partial charge in [-0.3, -0.25) is 4.79 Å². The highest BCUT2D eigenvalue weighted by molar-refractivity contribution is 6.21. The Morgan fingerprint density at radius 3 is 2.18 bits per heavy atom. The zero-order valence-corrected chi connectivity index (χ0v) is 15.9. The molecule has 28 heavy (non-hydrogen) atoms. The van der Waals surface area contributed by atoms with Crippen molar-refractivity contribution < 1.29 is 9.53 Å². The van der Waals surface area contributed by atoms with Crippen molar-refractivity contribution in [3.63, 3.8) is 0 Å². The molecule has 3 aromatic carbocycles. The quantitative estimate of drug-likeness (QED) is 0.615. The molecule has 1 aliphatic rings. The number of carbonyl (C=O) groups is 1. The van der Waals surface area contributed by atoms with Crippen LogP contribution in [0.4, 0.5) is 0 Å². The molecule has 0 bridgehead atoms. The largest absolute Gasteiger partial charge is 0.497 e. The van der Waals surface area contributed by atoms with Gasteiger partial charge in [-0.25, -0.2) is 0 Å². The van der Waals surface area contributed by atoms with Crippen LogP contribution in [0.15, 0.2) is 91.1 Å². The highest BCUT2D eigenvalue weighted by atomic mass is 16.5. The van der Waals surface area contributed by atoms with Gasteiger partial charge in [0, 0.05) is 24.7 Å². The molecule has 0 saturated carbocycles. The summed E-state index contributed by atoms with van der Waals surface area (Å²) >= 11 is 0. The molecule has 0 spiro atoms. The van der Waals surface area contributed by atoms with Gasteiger partial charge in [-0.15, -0.1) is 0 Å². The Morgan fingerprint density at radius 1 is 0.893 bits per heavy atom. The van der Waals surface area contributed by atoms with Gasteiger partial charge in [0.05, 0.1) is 13.2 Å². The summed E-state index contributed by atoms with van der Waals surface area (Å²) < 4.78 is 5.28. The zero-order valence-electron chi connectivity index (χ0n) is 15.9. The van der Waals surface area contributed by atoms with Crippen LogP contribution in [0.3, 0.4) is 0 Å². The van der Waals surface area contributed by atoms with Crippen LogP contribution in [0, 0.1) is 0 Å². The smallest absolute Gasteiger partial charge is 0.167 e. The van der Waals surface area contributed by atoms with Gasteiger partial charge >= 0.3 is 0 Å². The Hall–Kier alpha value is -3.33. The summed E-state index contributed by atoms with van der Waals surface area (Å²) in [6, 6.07) is 28.3. The molecule has 0 aromatic heterocycles. The Labute approximate surface area is 165 Å².